The molecule has 2 heterocycles. The van der Waals surface area contributed by atoms with Gasteiger partial charge in [-0.05, 0) is 31.9 Å². The Morgan fingerprint density at radius 2 is 1.87 bits per heavy atom. The number of nitrogens with zero attached hydrogens (tertiary/aromatic N) is 3. The maximum absolute atomic E-state index is 6.42. The van der Waals surface area contributed by atoms with Crippen LogP contribution in [0.3, 0.4) is 0 Å². The lowest BCUT2D eigenvalue weighted by Crippen LogP contribution is -2.34. The van der Waals surface area contributed by atoms with Crippen molar-refractivity contribution >= 4 is 23.3 Å². The van der Waals surface area contributed by atoms with E-state index in [1.807, 2.05) is 37.3 Å². The number of fused-ring (bicyclic) bond motifs is 1. The second-order valence-electron chi connectivity index (χ2n) is 6.11. The Hall–Kier alpha value is -1.98. The van der Waals surface area contributed by atoms with E-state index in [0.29, 0.717) is 11.7 Å². The van der Waals surface area contributed by atoms with Crippen LogP contribution in [-0.2, 0) is 5.54 Å². The molecule has 5 nitrogen and oxygen atoms in total. The van der Waals surface area contributed by atoms with Crippen LogP contribution in [0.2, 0.25) is 0 Å². The van der Waals surface area contributed by atoms with Crippen molar-refractivity contribution in [3.8, 4) is 11.5 Å². The predicted octanol–water partition coefficient (Wildman–Crippen LogP) is 3.74. The average Bonchev–Trinajstić information content (AvgIpc) is 3.16. The lowest BCUT2D eigenvalue weighted by atomic mass is 9.98. The molecule has 0 radical (unpaired) electrons. The number of aromatic nitrogens is 3. The summed E-state index contributed by atoms with van der Waals surface area (Å²) in [7, 11) is 0. The second kappa shape index (κ2) is 5.91. The number of hydrogen-bond acceptors (Lipinski definition) is 5. The van der Waals surface area contributed by atoms with Crippen LogP contribution in [0.1, 0.15) is 37.2 Å². The SMILES string of the molecule is Cc1cc(-c2nc(C3(N)CCCC3)no2)c2ccccc2n1.Cl. The van der Waals surface area contributed by atoms with Crippen LogP contribution in [0.15, 0.2) is 34.9 Å². The van der Waals surface area contributed by atoms with Crippen molar-refractivity contribution < 1.29 is 4.52 Å². The Morgan fingerprint density at radius 1 is 1.13 bits per heavy atom. The van der Waals surface area contributed by atoms with Gasteiger partial charge in [0, 0.05) is 11.1 Å². The van der Waals surface area contributed by atoms with E-state index in [1.54, 1.807) is 0 Å². The van der Waals surface area contributed by atoms with Gasteiger partial charge in [0.1, 0.15) is 0 Å². The minimum atomic E-state index is -0.431. The van der Waals surface area contributed by atoms with E-state index in [-0.39, 0.29) is 12.4 Å². The molecule has 23 heavy (non-hydrogen) atoms. The first-order chi connectivity index (χ1) is 10.7. The first-order valence-electron chi connectivity index (χ1n) is 7.66. The van der Waals surface area contributed by atoms with Gasteiger partial charge >= 0.3 is 0 Å². The molecule has 1 fully saturated rings. The van der Waals surface area contributed by atoms with Crippen LogP contribution in [0.5, 0.6) is 0 Å². The van der Waals surface area contributed by atoms with E-state index in [9.17, 15) is 0 Å². The fourth-order valence-electron chi connectivity index (χ4n) is 3.25. The highest BCUT2D eigenvalue weighted by atomic mass is 35.5. The molecule has 1 saturated carbocycles. The molecule has 0 atom stereocenters. The number of halogens is 1. The average molecular weight is 331 g/mol. The summed E-state index contributed by atoms with van der Waals surface area (Å²) < 4.78 is 5.52. The van der Waals surface area contributed by atoms with Gasteiger partial charge in [0.2, 0.25) is 0 Å². The van der Waals surface area contributed by atoms with Crippen LogP contribution in [0.4, 0.5) is 0 Å². The highest BCUT2D eigenvalue weighted by molar-refractivity contribution is 5.92. The zero-order valence-corrected chi connectivity index (χ0v) is 13.8. The molecule has 6 heteroatoms. The van der Waals surface area contributed by atoms with E-state index >= 15 is 0 Å². The van der Waals surface area contributed by atoms with Gasteiger partial charge < -0.3 is 10.3 Å². The topological polar surface area (TPSA) is 77.8 Å². The summed E-state index contributed by atoms with van der Waals surface area (Å²) in [5, 5.41) is 5.17. The van der Waals surface area contributed by atoms with E-state index in [1.165, 1.54) is 0 Å². The number of nitrogens with two attached hydrogens (primary N) is 1. The number of aryl methyl sites for hydroxylation is 1. The molecular formula is C17H19ClN4O. The lowest BCUT2D eigenvalue weighted by molar-refractivity contribution is 0.373. The Labute approximate surface area is 140 Å². The maximum Gasteiger partial charge on any atom is 0.258 e. The molecule has 3 aromatic rings. The summed E-state index contributed by atoms with van der Waals surface area (Å²) in [4.78, 5) is 9.14. The minimum absolute atomic E-state index is 0. The molecule has 0 aliphatic heterocycles. The monoisotopic (exact) mass is 330 g/mol. The zero-order chi connectivity index (χ0) is 15.2. The molecule has 1 aromatic carbocycles. The highest BCUT2D eigenvalue weighted by Crippen LogP contribution is 2.36. The summed E-state index contributed by atoms with van der Waals surface area (Å²) in [6.07, 6.45) is 4.08. The predicted molar refractivity (Wildman–Crippen MR) is 91.4 cm³/mol. The third kappa shape index (κ3) is 2.71. The molecule has 2 aromatic heterocycles. The summed E-state index contributed by atoms with van der Waals surface area (Å²) in [5.41, 5.74) is 8.76. The lowest BCUT2D eigenvalue weighted by Gasteiger charge is -2.17. The third-order valence-corrected chi connectivity index (χ3v) is 4.44. The second-order valence-corrected chi connectivity index (χ2v) is 6.11. The summed E-state index contributed by atoms with van der Waals surface area (Å²) in [5.74, 6) is 1.15. The van der Waals surface area contributed by atoms with Crippen molar-refractivity contribution in [1.29, 1.82) is 0 Å². The quantitative estimate of drug-likeness (QED) is 0.774. The zero-order valence-electron chi connectivity index (χ0n) is 13.0. The molecule has 1 aliphatic rings. The van der Waals surface area contributed by atoms with Crippen molar-refractivity contribution in [3.63, 3.8) is 0 Å². The first kappa shape index (κ1) is 15.9. The van der Waals surface area contributed by atoms with Crippen molar-refractivity contribution in [3.05, 3.63) is 41.9 Å². The van der Waals surface area contributed by atoms with Crippen molar-refractivity contribution in [2.24, 2.45) is 5.73 Å². The van der Waals surface area contributed by atoms with Gasteiger partial charge in [-0.25, -0.2) is 0 Å². The summed E-state index contributed by atoms with van der Waals surface area (Å²) in [6.45, 7) is 1.97. The number of hydrogen-bond donors (Lipinski definition) is 1. The summed E-state index contributed by atoms with van der Waals surface area (Å²) >= 11 is 0. The molecule has 0 bridgehead atoms. The fraction of sp³-hybridized carbons (Fsp3) is 0.353. The van der Waals surface area contributed by atoms with Crippen molar-refractivity contribution in [2.75, 3.05) is 0 Å². The van der Waals surface area contributed by atoms with Gasteiger partial charge in [0.25, 0.3) is 5.89 Å². The van der Waals surface area contributed by atoms with Crippen molar-refractivity contribution in [2.45, 2.75) is 38.1 Å². The number of pyridine rings is 1. The van der Waals surface area contributed by atoms with Crippen molar-refractivity contribution in [1.82, 2.24) is 15.1 Å². The third-order valence-electron chi connectivity index (χ3n) is 4.44. The minimum Gasteiger partial charge on any atom is -0.334 e. The smallest absolute Gasteiger partial charge is 0.258 e. The molecule has 120 valence electrons. The summed E-state index contributed by atoms with van der Waals surface area (Å²) in [6, 6.07) is 9.96. The number of para-hydroxylation sites is 1. The van der Waals surface area contributed by atoms with E-state index in [2.05, 4.69) is 15.1 Å². The number of benzene rings is 1. The van der Waals surface area contributed by atoms with E-state index < -0.39 is 5.54 Å². The van der Waals surface area contributed by atoms with Crippen LogP contribution >= 0.6 is 12.4 Å². The van der Waals surface area contributed by atoms with Crippen LogP contribution in [-0.4, -0.2) is 15.1 Å². The largest absolute Gasteiger partial charge is 0.334 e. The van der Waals surface area contributed by atoms with E-state index in [0.717, 1.165) is 47.8 Å². The molecule has 0 unspecified atom stereocenters. The van der Waals surface area contributed by atoms with Gasteiger partial charge in [0.05, 0.1) is 16.6 Å². The highest BCUT2D eigenvalue weighted by Gasteiger charge is 2.36. The molecule has 0 saturated heterocycles. The Balaban J connectivity index is 0.00000156. The molecule has 0 spiro atoms. The van der Waals surface area contributed by atoms with Gasteiger partial charge in [-0.15, -0.1) is 12.4 Å². The molecule has 4 rings (SSSR count). The molecular weight excluding hydrogens is 312 g/mol. The maximum atomic E-state index is 6.42. The van der Waals surface area contributed by atoms with Crippen LogP contribution in [0.25, 0.3) is 22.4 Å². The number of rotatable bonds is 2. The van der Waals surface area contributed by atoms with E-state index in [4.69, 9.17) is 10.3 Å². The Morgan fingerprint density at radius 3 is 2.65 bits per heavy atom. The molecule has 1 aliphatic carbocycles. The standard InChI is InChI=1S/C17H18N4O.ClH/c1-11-10-13(12-6-2-3-7-14(12)19-11)15-20-16(21-22-15)17(18)8-4-5-9-17;/h2-3,6-7,10H,4-5,8-9,18H2,1H3;1H. The first-order valence-corrected chi connectivity index (χ1v) is 7.66. The normalized spacial score (nSPS) is 16.4. The Kier molecular flexibility index (Phi) is 4.08. The molecule has 0 amide bonds. The Bertz CT molecular complexity index is 839. The van der Waals surface area contributed by atoms with Crippen LogP contribution < -0.4 is 5.73 Å². The molecule has 2 N–H and O–H groups in total. The van der Waals surface area contributed by atoms with Crippen LogP contribution in [0, 0.1) is 6.92 Å². The van der Waals surface area contributed by atoms with Gasteiger partial charge in [0.15, 0.2) is 5.82 Å². The van der Waals surface area contributed by atoms with Gasteiger partial charge in [-0.1, -0.05) is 36.2 Å². The fourth-order valence-corrected chi connectivity index (χ4v) is 3.25. The van der Waals surface area contributed by atoms with Gasteiger partial charge in [-0.3, -0.25) is 4.98 Å². The van der Waals surface area contributed by atoms with Gasteiger partial charge in [-0.2, -0.15) is 4.98 Å².